The number of aliphatic hydroxyl groups excluding tert-OH is 1. The van der Waals surface area contributed by atoms with Gasteiger partial charge in [-0.05, 0) is 22.8 Å². The van der Waals surface area contributed by atoms with Crippen molar-refractivity contribution in [1.29, 1.82) is 0 Å². The van der Waals surface area contributed by atoms with Crippen LogP contribution in [-0.2, 0) is 4.74 Å². The molecule has 0 bridgehead atoms. The average Bonchev–Trinajstić information content (AvgIpc) is 2.61. The molecule has 2 unspecified atom stereocenters. The molecule has 4 heteroatoms. The SMILES string of the molecule is C=C(N)/C(=C\C(=C)c1ccccc1)C(C)COC(N)O.CC.CC. The number of ether oxygens (including phenoxy) is 1. The summed E-state index contributed by atoms with van der Waals surface area (Å²) in [6.07, 6.45) is 0.594. The Hall–Kier alpha value is -1.88. The molecule has 0 radical (unpaired) electrons. The maximum atomic E-state index is 8.95. The fraction of sp³-hybridized carbons (Fsp3) is 0.400. The summed E-state index contributed by atoms with van der Waals surface area (Å²) in [4.78, 5) is 0. The molecular weight excluding hydrogens is 300 g/mol. The monoisotopic (exact) mass is 334 g/mol. The smallest absolute Gasteiger partial charge is 0.210 e. The van der Waals surface area contributed by atoms with Crippen molar-refractivity contribution in [2.24, 2.45) is 17.4 Å². The van der Waals surface area contributed by atoms with Gasteiger partial charge in [-0.3, -0.25) is 5.73 Å². The fourth-order valence-corrected chi connectivity index (χ4v) is 1.81. The van der Waals surface area contributed by atoms with Crippen LogP contribution in [0.4, 0.5) is 0 Å². The van der Waals surface area contributed by atoms with Gasteiger partial charge in [0.1, 0.15) is 0 Å². The quantitative estimate of drug-likeness (QED) is 0.519. The van der Waals surface area contributed by atoms with Crippen LogP contribution in [0.3, 0.4) is 0 Å². The van der Waals surface area contributed by atoms with Gasteiger partial charge in [-0.2, -0.15) is 0 Å². The first-order chi connectivity index (χ1) is 11.4. The van der Waals surface area contributed by atoms with Crippen molar-refractivity contribution < 1.29 is 9.84 Å². The van der Waals surface area contributed by atoms with Gasteiger partial charge in [0.25, 0.3) is 0 Å². The van der Waals surface area contributed by atoms with E-state index in [2.05, 4.69) is 13.2 Å². The predicted octanol–water partition coefficient (Wildman–Crippen LogP) is 4.04. The van der Waals surface area contributed by atoms with Crippen LogP contribution >= 0.6 is 0 Å². The average molecular weight is 335 g/mol. The van der Waals surface area contributed by atoms with Crippen molar-refractivity contribution >= 4 is 5.57 Å². The minimum absolute atomic E-state index is 0.0498. The summed E-state index contributed by atoms with van der Waals surface area (Å²) in [5.41, 5.74) is 14.1. The van der Waals surface area contributed by atoms with Crippen molar-refractivity contribution in [2.75, 3.05) is 6.61 Å². The topological polar surface area (TPSA) is 81.5 Å². The Morgan fingerprint density at radius 1 is 1.17 bits per heavy atom. The predicted molar refractivity (Wildman–Crippen MR) is 105 cm³/mol. The molecule has 0 fully saturated rings. The van der Waals surface area contributed by atoms with Crippen molar-refractivity contribution in [1.82, 2.24) is 0 Å². The number of rotatable bonds is 7. The molecule has 0 aromatic heterocycles. The Morgan fingerprint density at radius 2 is 1.67 bits per heavy atom. The Labute approximate surface area is 147 Å². The fourth-order valence-electron chi connectivity index (χ4n) is 1.81. The van der Waals surface area contributed by atoms with E-state index >= 15 is 0 Å². The zero-order valence-corrected chi connectivity index (χ0v) is 15.8. The second-order valence-electron chi connectivity index (χ2n) is 4.64. The summed E-state index contributed by atoms with van der Waals surface area (Å²) in [6.45, 7) is 18.0. The number of hydrogen-bond donors (Lipinski definition) is 3. The largest absolute Gasteiger partial charge is 0.399 e. The molecule has 2 atom stereocenters. The summed E-state index contributed by atoms with van der Waals surface area (Å²) in [6, 6.07) is 9.79. The van der Waals surface area contributed by atoms with E-state index in [4.69, 9.17) is 21.3 Å². The van der Waals surface area contributed by atoms with Crippen molar-refractivity contribution in [3.63, 3.8) is 0 Å². The first kappa shape index (κ1) is 24.4. The molecule has 24 heavy (non-hydrogen) atoms. The first-order valence-electron chi connectivity index (χ1n) is 8.37. The summed E-state index contributed by atoms with van der Waals surface area (Å²) >= 11 is 0. The Kier molecular flexibility index (Phi) is 14.9. The second kappa shape index (κ2) is 14.7. The molecule has 0 saturated heterocycles. The molecule has 0 heterocycles. The van der Waals surface area contributed by atoms with Crippen LogP contribution in [0.5, 0.6) is 0 Å². The highest BCUT2D eigenvalue weighted by Gasteiger charge is 2.12. The van der Waals surface area contributed by atoms with Crippen LogP contribution < -0.4 is 11.5 Å². The molecule has 0 aliphatic carbocycles. The maximum absolute atomic E-state index is 8.95. The molecule has 1 aromatic carbocycles. The van der Waals surface area contributed by atoms with Crippen LogP contribution in [0.25, 0.3) is 5.57 Å². The standard InChI is InChI=1S/C16H22N2O2.2C2H6/c1-11(14-7-5-4-6-8-14)9-15(13(3)17)12(2)10-20-16(18)19;2*1-2/h4-9,12,16,19H,1,3,10,17-18H2,2H3;2*1-2H3/b15-9-;;. The van der Waals surface area contributed by atoms with E-state index in [0.717, 1.165) is 16.7 Å². The van der Waals surface area contributed by atoms with Crippen LogP contribution in [-0.4, -0.2) is 18.1 Å². The molecule has 0 amide bonds. The molecule has 1 aromatic rings. The van der Waals surface area contributed by atoms with E-state index in [9.17, 15) is 0 Å². The molecule has 0 aliphatic heterocycles. The lowest BCUT2D eigenvalue weighted by Gasteiger charge is -2.18. The van der Waals surface area contributed by atoms with E-state index in [1.807, 2.05) is 71.0 Å². The number of benzene rings is 1. The summed E-state index contributed by atoms with van der Waals surface area (Å²) in [7, 11) is 0. The van der Waals surface area contributed by atoms with Gasteiger partial charge in [0.2, 0.25) is 6.41 Å². The van der Waals surface area contributed by atoms with E-state index in [0.29, 0.717) is 5.70 Å². The molecule has 0 spiro atoms. The third-order valence-corrected chi connectivity index (χ3v) is 2.89. The van der Waals surface area contributed by atoms with Gasteiger partial charge >= 0.3 is 0 Å². The Morgan fingerprint density at radius 3 is 2.08 bits per heavy atom. The maximum Gasteiger partial charge on any atom is 0.210 e. The molecule has 5 N–H and O–H groups in total. The lowest BCUT2D eigenvalue weighted by atomic mass is 9.95. The zero-order chi connectivity index (χ0) is 19.1. The lowest BCUT2D eigenvalue weighted by Crippen LogP contribution is -2.26. The van der Waals surface area contributed by atoms with Gasteiger partial charge < -0.3 is 15.6 Å². The summed E-state index contributed by atoms with van der Waals surface area (Å²) in [5.74, 6) is -0.0498. The van der Waals surface area contributed by atoms with Crippen LogP contribution in [0, 0.1) is 5.92 Å². The molecule has 4 nitrogen and oxygen atoms in total. The van der Waals surface area contributed by atoms with E-state index in [-0.39, 0.29) is 12.5 Å². The first-order valence-corrected chi connectivity index (χ1v) is 8.37. The summed E-state index contributed by atoms with van der Waals surface area (Å²) < 4.78 is 4.99. The third kappa shape index (κ3) is 10.0. The lowest BCUT2D eigenvalue weighted by molar-refractivity contribution is -0.100. The molecule has 0 saturated carbocycles. The Bertz CT molecular complexity index is 494. The van der Waals surface area contributed by atoms with Crippen molar-refractivity contribution in [3.05, 3.63) is 66.4 Å². The van der Waals surface area contributed by atoms with E-state index < -0.39 is 6.41 Å². The number of aliphatic hydroxyl groups is 1. The highest BCUT2D eigenvalue weighted by molar-refractivity contribution is 5.73. The van der Waals surface area contributed by atoms with Crippen LogP contribution in [0.2, 0.25) is 0 Å². The minimum atomic E-state index is -1.29. The van der Waals surface area contributed by atoms with Gasteiger partial charge in [-0.25, -0.2) is 0 Å². The Balaban J connectivity index is 0. The van der Waals surface area contributed by atoms with E-state index in [1.165, 1.54) is 0 Å². The van der Waals surface area contributed by atoms with Gasteiger partial charge in [0, 0.05) is 11.6 Å². The molecule has 0 aliphatic rings. The molecular formula is C20H34N2O2. The molecule has 1 rings (SSSR count). The van der Waals surface area contributed by atoms with Crippen molar-refractivity contribution in [2.45, 2.75) is 41.0 Å². The highest BCUT2D eigenvalue weighted by atomic mass is 16.6. The van der Waals surface area contributed by atoms with Gasteiger partial charge in [0.15, 0.2) is 0 Å². The minimum Gasteiger partial charge on any atom is -0.399 e. The van der Waals surface area contributed by atoms with Crippen LogP contribution in [0.1, 0.15) is 40.2 Å². The normalized spacial score (nSPS) is 12.7. The zero-order valence-electron chi connectivity index (χ0n) is 15.8. The van der Waals surface area contributed by atoms with Gasteiger partial charge in [0.05, 0.1) is 6.61 Å². The third-order valence-electron chi connectivity index (χ3n) is 2.89. The van der Waals surface area contributed by atoms with Gasteiger partial charge in [-0.15, -0.1) is 0 Å². The second-order valence-corrected chi connectivity index (χ2v) is 4.64. The number of allylic oxidation sites excluding steroid dienone is 3. The number of nitrogens with two attached hydrogens (primary N) is 2. The van der Waals surface area contributed by atoms with Gasteiger partial charge in [-0.1, -0.05) is 78.1 Å². The van der Waals surface area contributed by atoms with Crippen molar-refractivity contribution in [3.8, 4) is 0 Å². The highest BCUT2D eigenvalue weighted by Crippen LogP contribution is 2.22. The van der Waals surface area contributed by atoms with E-state index in [1.54, 1.807) is 0 Å². The number of hydrogen-bond acceptors (Lipinski definition) is 4. The summed E-state index contributed by atoms with van der Waals surface area (Å²) in [5, 5.41) is 8.95. The van der Waals surface area contributed by atoms with Crippen LogP contribution in [0.15, 0.2) is 60.8 Å². The molecule has 136 valence electrons.